The van der Waals surface area contributed by atoms with Gasteiger partial charge in [0.25, 0.3) is 0 Å². The molecule has 0 unspecified atom stereocenters. The molecule has 1 saturated carbocycles. The van der Waals surface area contributed by atoms with E-state index in [-0.39, 0.29) is 17.7 Å². The molecule has 1 aliphatic carbocycles. The molecule has 3 aliphatic rings. The fraction of sp³-hybridized carbons (Fsp3) is 0.882. The number of hydrogen-bond acceptors (Lipinski definition) is 3. The molecular formula is C17H28N2O3. The van der Waals surface area contributed by atoms with E-state index in [9.17, 15) is 9.59 Å². The lowest BCUT2D eigenvalue weighted by atomic mass is 9.96. The van der Waals surface area contributed by atoms with Gasteiger partial charge in [-0.3, -0.25) is 9.59 Å². The Hall–Kier alpha value is -1.10. The maximum atomic E-state index is 12.5. The molecule has 1 atom stereocenters. The van der Waals surface area contributed by atoms with Crippen LogP contribution >= 0.6 is 0 Å². The van der Waals surface area contributed by atoms with E-state index >= 15 is 0 Å². The number of hydrogen-bond donors (Lipinski definition) is 0. The minimum atomic E-state index is -0.121. The van der Waals surface area contributed by atoms with E-state index in [1.807, 2.05) is 4.90 Å². The van der Waals surface area contributed by atoms with Crippen LogP contribution in [0.4, 0.5) is 0 Å². The summed E-state index contributed by atoms with van der Waals surface area (Å²) in [5.41, 5.74) is 0. The van der Waals surface area contributed by atoms with Crippen LogP contribution in [0.2, 0.25) is 0 Å². The third-order valence-electron chi connectivity index (χ3n) is 5.49. The number of likely N-dealkylation sites (tertiary alicyclic amines) is 2. The highest BCUT2D eigenvalue weighted by atomic mass is 16.5. The second-order valence-corrected chi connectivity index (χ2v) is 7.18. The maximum Gasteiger partial charge on any atom is 0.227 e. The Balaban J connectivity index is 1.39. The second kappa shape index (κ2) is 6.99. The van der Waals surface area contributed by atoms with E-state index in [4.69, 9.17) is 4.74 Å². The number of nitrogens with zero attached hydrogens (tertiary/aromatic N) is 2. The molecule has 2 heterocycles. The summed E-state index contributed by atoms with van der Waals surface area (Å²) in [5.74, 6) is 0.743. The van der Waals surface area contributed by atoms with Crippen molar-refractivity contribution in [3.8, 4) is 0 Å². The number of rotatable bonds is 4. The topological polar surface area (TPSA) is 49.9 Å². The molecule has 2 aliphatic heterocycles. The zero-order valence-electron chi connectivity index (χ0n) is 13.6. The molecule has 0 spiro atoms. The van der Waals surface area contributed by atoms with E-state index in [0.29, 0.717) is 25.0 Å². The van der Waals surface area contributed by atoms with Gasteiger partial charge in [-0.15, -0.1) is 0 Å². The SMILES string of the molecule is CN1C[C@H](C(=O)N2CCC(COC3CCCC3)CC2)CC1=O. The molecule has 124 valence electrons. The fourth-order valence-electron chi connectivity index (χ4n) is 3.93. The summed E-state index contributed by atoms with van der Waals surface area (Å²) >= 11 is 0. The highest BCUT2D eigenvalue weighted by Gasteiger charge is 2.35. The van der Waals surface area contributed by atoms with Gasteiger partial charge in [0.2, 0.25) is 11.8 Å². The molecule has 5 heteroatoms. The number of carbonyl (C=O) groups is 2. The Morgan fingerprint density at radius 2 is 1.86 bits per heavy atom. The maximum absolute atomic E-state index is 12.5. The first-order valence-electron chi connectivity index (χ1n) is 8.78. The Morgan fingerprint density at radius 1 is 1.18 bits per heavy atom. The molecule has 2 amide bonds. The zero-order chi connectivity index (χ0) is 15.5. The van der Waals surface area contributed by atoms with Crippen molar-refractivity contribution in [1.29, 1.82) is 0 Å². The van der Waals surface area contributed by atoms with E-state index < -0.39 is 0 Å². The van der Waals surface area contributed by atoms with Gasteiger partial charge < -0.3 is 14.5 Å². The van der Waals surface area contributed by atoms with E-state index in [1.54, 1.807) is 11.9 Å². The van der Waals surface area contributed by atoms with Gasteiger partial charge in [0.15, 0.2) is 0 Å². The van der Waals surface area contributed by atoms with Crippen LogP contribution in [-0.2, 0) is 14.3 Å². The minimum absolute atomic E-state index is 0.0956. The Kier molecular flexibility index (Phi) is 5.01. The van der Waals surface area contributed by atoms with Crippen molar-refractivity contribution in [3.63, 3.8) is 0 Å². The molecule has 0 aromatic carbocycles. The molecule has 0 N–H and O–H groups in total. The molecule has 0 aromatic rings. The van der Waals surface area contributed by atoms with Gasteiger partial charge in [-0.2, -0.15) is 0 Å². The average Bonchev–Trinajstić information content (AvgIpc) is 3.16. The van der Waals surface area contributed by atoms with Crippen LogP contribution in [0.15, 0.2) is 0 Å². The molecule has 3 rings (SSSR count). The molecule has 22 heavy (non-hydrogen) atoms. The summed E-state index contributed by atoms with van der Waals surface area (Å²) in [5, 5.41) is 0. The lowest BCUT2D eigenvalue weighted by Crippen LogP contribution is -2.43. The van der Waals surface area contributed by atoms with Gasteiger partial charge in [0.05, 0.1) is 12.0 Å². The quantitative estimate of drug-likeness (QED) is 0.794. The second-order valence-electron chi connectivity index (χ2n) is 7.18. The van der Waals surface area contributed by atoms with Crippen molar-refractivity contribution in [2.45, 2.75) is 51.0 Å². The predicted octanol–water partition coefficient (Wildman–Crippen LogP) is 1.66. The first kappa shape index (κ1) is 15.8. The standard InChI is InChI=1S/C17H28N2O3/c1-18-11-14(10-16(18)20)17(21)19-8-6-13(7-9-19)12-22-15-4-2-3-5-15/h13-15H,2-12H2,1H3/t14-/m1/s1. The van der Waals surface area contributed by atoms with Crippen molar-refractivity contribution >= 4 is 11.8 Å². The molecule has 3 fully saturated rings. The number of ether oxygens (including phenoxy) is 1. The average molecular weight is 308 g/mol. The molecule has 5 nitrogen and oxygen atoms in total. The highest BCUT2D eigenvalue weighted by molar-refractivity contribution is 5.89. The predicted molar refractivity (Wildman–Crippen MR) is 83.3 cm³/mol. The van der Waals surface area contributed by atoms with E-state index in [2.05, 4.69) is 0 Å². The lowest BCUT2D eigenvalue weighted by Gasteiger charge is -2.33. The largest absolute Gasteiger partial charge is 0.378 e. The Labute approximate surface area is 133 Å². The smallest absolute Gasteiger partial charge is 0.227 e. The van der Waals surface area contributed by atoms with Crippen LogP contribution in [-0.4, -0.2) is 61.0 Å². The van der Waals surface area contributed by atoms with Gasteiger partial charge in [-0.05, 0) is 31.6 Å². The van der Waals surface area contributed by atoms with Crippen LogP contribution in [0.5, 0.6) is 0 Å². The summed E-state index contributed by atoms with van der Waals surface area (Å²) < 4.78 is 6.01. The van der Waals surface area contributed by atoms with Gasteiger partial charge in [-0.1, -0.05) is 12.8 Å². The van der Waals surface area contributed by atoms with Crippen LogP contribution in [0, 0.1) is 11.8 Å². The normalized spacial score (nSPS) is 27.9. The van der Waals surface area contributed by atoms with Crippen molar-refractivity contribution in [1.82, 2.24) is 9.80 Å². The van der Waals surface area contributed by atoms with E-state index in [0.717, 1.165) is 32.5 Å². The van der Waals surface area contributed by atoms with Gasteiger partial charge in [0.1, 0.15) is 0 Å². The third kappa shape index (κ3) is 3.62. The van der Waals surface area contributed by atoms with Crippen molar-refractivity contribution in [3.05, 3.63) is 0 Å². The van der Waals surface area contributed by atoms with Crippen LogP contribution in [0.1, 0.15) is 44.9 Å². The number of amides is 2. The number of carbonyl (C=O) groups excluding carboxylic acids is 2. The minimum Gasteiger partial charge on any atom is -0.378 e. The highest BCUT2D eigenvalue weighted by Crippen LogP contribution is 2.26. The number of piperidine rings is 1. The van der Waals surface area contributed by atoms with Gasteiger partial charge in [-0.25, -0.2) is 0 Å². The van der Waals surface area contributed by atoms with Crippen LogP contribution in [0.3, 0.4) is 0 Å². The molecule has 0 aromatic heterocycles. The van der Waals surface area contributed by atoms with Crippen molar-refractivity contribution in [2.24, 2.45) is 11.8 Å². The molecule has 2 saturated heterocycles. The first-order chi connectivity index (χ1) is 10.6. The lowest BCUT2D eigenvalue weighted by molar-refractivity contribution is -0.137. The van der Waals surface area contributed by atoms with Crippen LogP contribution < -0.4 is 0 Å². The van der Waals surface area contributed by atoms with Gasteiger partial charge >= 0.3 is 0 Å². The summed E-state index contributed by atoms with van der Waals surface area (Å²) in [6, 6.07) is 0. The fourth-order valence-corrected chi connectivity index (χ4v) is 3.93. The molecular weight excluding hydrogens is 280 g/mol. The molecule has 0 bridgehead atoms. The summed E-state index contributed by atoms with van der Waals surface area (Å²) in [4.78, 5) is 27.7. The summed E-state index contributed by atoms with van der Waals surface area (Å²) in [6.07, 6.45) is 8.02. The van der Waals surface area contributed by atoms with E-state index in [1.165, 1.54) is 25.7 Å². The Bertz CT molecular complexity index is 412. The third-order valence-corrected chi connectivity index (χ3v) is 5.49. The monoisotopic (exact) mass is 308 g/mol. The zero-order valence-corrected chi connectivity index (χ0v) is 13.6. The van der Waals surface area contributed by atoms with Crippen LogP contribution in [0.25, 0.3) is 0 Å². The van der Waals surface area contributed by atoms with Crippen molar-refractivity contribution < 1.29 is 14.3 Å². The summed E-state index contributed by atoms with van der Waals surface area (Å²) in [7, 11) is 1.78. The molecule has 0 radical (unpaired) electrons. The summed E-state index contributed by atoms with van der Waals surface area (Å²) in [6.45, 7) is 3.09. The first-order valence-corrected chi connectivity index (χ1v) is 8.78. The van der Waals surface area contributed by atoms with Gasteiger partial charge in [0, 0.05) is 39.7 Å². The van der Waals surface area contributed by atoms with Crippen molar-refractivity contribution in [2.75, 3.05) is 33.3 Å². The Morgan fingerprint density at radius 3 is 2.45 bits per heavy atom.